The first-order chi connectivity index (χ1) is 18.0. The molecular weight excluding hydrogens is 583 g/mol. The summed E-state index contributed by atoms with van der Waals surface area (Å²) in [5, 5.41) is 23.6. The van der Waals surface area contributed by atoms with Gasteiger partial charge in [-0.15, -0.1) is 0 Å². The summed E-state index contributed by atoms with van der Waals surface area (Å²) in [6.45, 7) is -0.000770. The highest BCUT2D eigenvalue weighted by Gasteiger charge is 2.43. The Balaban J connectivity index is 1.61. The molecule has 3 N–H and O–H groups in total. The van der Waals surface area contributed by atoms with Crippen molar-refractivity contribution in [3.05, 3.63) is 39.5 Å². The first-order valence-corrected chi connectivity index (χ1v) is 15.1. The average molecular weight is 625 g/mol. The van der Waals surface area contributed by atoms with E-state index < -0.39 is 18.2 Å². The van der Waals surface area contributed by atoms with Crippen molar-refractivity contribution in [2.45, 2.75) is 101 Å². The average Bonchev–Trinajstić information content (AvgIpc) is 3.44. The summed E-state index contributed by atoms with van der Waals surface area (Å²) in [7, 11) is 0. The molecule has 3 atom stereocenters. The van der Waals surface area contributed by atoms with Crippen LogP contribution in [0.1, 0.15) is 77.0 Å². The van der Waals surface area contributed by atoms with Crippen LogP contribution in [-0.4, -0.2) is 64.4 Å². The van der Waals surface area contributed by atoms with Crippen molar-refractivity contribution < 1.29 is 24.5 Å². The molecule has 7 nitrogen and oxygen atoms in total. The summed E-state index contributed by atoms with van der Waals surface area (Å²) >= 11 is 2.20. The number of halogens is 1. The molecule has 8 heteroatoms. The molecular formula is C29H41IN2O5. The highest BCUT2D eigenvalue weighted by Crippen LogP contribution is 2.35. The van der Waals surface area contributed by atoms with Gasteiger partial charge in [0, 0.05) is 31.0 Å². The van der Waals surface area contributed by atoms with Gasteiger partial charge in [-0.05, 0) is 66.0 Å². The molecule has 37 heavy (non-hydrogen) atoms. The Morgan fingerprint density at radius 1 is 1.05 bits per heavy atom. The number of nitrogens with one attached hydrogen (secondary N) is 1. The molecule has 0 aliphatic heterocycles. The van der Waals surface area contributed by atoms with Gasteiger partial charge in [0.25, 0.3) is 0 Å². The lowest BCUT2D eigenvalue weighted by atomic mass is 9.84. The van der Waals surface area contributed by atoms with Crippen LogP contribution in [0.5, 0.6) is 5.75 Å². The highest BCUT2D eigenvalue weighted by molar-refractivity contribution is 14.1. The van der Waals surface area contributed by atoms with Gasteiger partial charge in [0.05, 0.1) is 16.2 Å². The lowest BCUT2D eigenvalue weighted by molar-refractivity contribution is -0.143. The summed E-state index contributed by atoms with van der Waals surface area (Å²) in [5.74, 6) is 1.05. The van der Waals surface area contributed by atoms with E-state index in [1.54, 1.807) is 6.08 Å². The SMILES string of the molecule is O=C(NCCO)C1=CC(Oc2ccccc2I)C(O)C(N(C(=O)CCC2CCCC2)C2CCCCC2)C1. The number of aliphatic hydroxyl groups is 2. The molecule has 0 saturated heterocycles. The molecule has 3 unspecified atom stereocenters. The molecule has 2 saturated carbocycles. The minimum Gasteiger partial charge on any atom is -0.482 e. The largest absolute Gasteiger partial charge is 0.482 e. The van der Waals surface area contributed by atoms with Gasteiger partial charge >= 0.3 is 0 Å². The number of hydrogen-bond acceptors (Lipinski definition) is 5. The van der Waals surface area contributed by atoms with E-state index in [2.05, 4.69) is 27.9 Å². The summed E-state index contributed by atoms with van der Waals surface area (Å²) in [5.41, 5.74) is 0.490. The number of aliphatic hydroxyl groups excluding tert-OH is 2. The number of nitrogens with zero attached hydrogens (tertiary/aromatic N) is 1. The lowest BCUT2D eigenvalue weighted by Crippen LogP contribution is -2.58. The van der Waals surface area contributed by atoms with Gasteiger partial charge in [-0.1, -0.05) is 57.1 Å². The molecule has 0 radical (unpaired) electrons. The first kappa shape index (κ1) is 28.4. The zero-order chi connectivity index (χ0) is 26.2. The predicted octanol–water partition coefficient (Wildman–Crippen LogP) is 4.34. The van der Waals surface area contributed by atoms with Gasteiger partial charge < -0.3 is 25.2 Å². The molecule has 204 valence electrons. The standard InChI is InChI=1S/C29H41IN2O5/c30-23-12-6-7-13-25(23)37-26-19-21(29(36)31-16-17-33)18-24(28(26)35)32(22-10-2-1-3-11-22)27(34)15-14-20-8-4-5-9-20/h6-7,12-13,19-20,22,24,26,28,33,35H,1-5,8-11,14-18H2,(H,31,36). The van der Waals surface area contributed by atoms with Crippen LogP contribution in [0.25, 0.3) is 0 Å². The van der Waals surface area contributed by atoms with Crippen LogP contribution < -0.4 is 10.1 Å². The number of benzene rings is 1. The van der Waals surface area contributed by atoms with E-state index in [1.165, 1.54) is 32.1 Å². The number of rotatable bonds is 10. The van der Waals surface area contributed by atoms with Crippen LogP contribution in [0, 0.1) is 9.49 Å². The third-order valence-corrected chi connectivity index (χ3v) is 9.06. The quantitative estimate of drug-likeness (QED) is 0.337. The topological polar surface area (TPSA) is 99.1 Å². The van der Waals surface area contributed by atoms with Gasteiger partial charge in [0.1, 0.15) is 18.0 Å². The molecule has 1 aromatic carbocycles. The number of ether oxygens (including phenoxy) is 1. The van der Waals surface area contributed by atoms with E-state index in [9.17, 15) is 19.8 Å². The Bertz CT molecular complexity index is 942. The molecule has 3 aliphatic rings. The van der Waals surface area contributed by atoms with E-state index in [0.717, 1.165) is 35.7 Å². The zero-order valence-corrected chi connectivity index (χ0v) is 23.8. The Labute approximate surface area is 234 Å². The molecule has 3 aliphatic carbocycles. The number of carbonyl (C=O) groups excluding carboxylic acids is 2. The molecule has 1 aromatic rings. The van der Waals surface area contributed by atoms with Crippen LogP contribution >= 0.6 is 22.6 Å². The zero-order valence-electron chi connectivity index (χ0n) is 21.6. The second kappa shape index (κ2) is 13.9. The molecule has 0 aromatic heterocycles. The van der Waals surface area contributed by atoms with Gasteiger partial charge in [-0.2, -0.15) is 0 Å². The third-order valence-electron chi connectivity index (χ3n) is 8.17. The van der Waals surface area contributed by atoms with Gasteiger partial charge in [-0.25, -0.2) is 0 Å². The molecule has 4 rings (SSSR count). The first-order valence-electron chi connectivity index (χ1n) is 14.0. The maximum atomic E-state index is 13.8. The normalized spacial score (nSPS) is 24.9. The van der Waals surface area contributed by atoms with Crippen LogP contribution in [-0.2, 0) is 9.59 Å². The van der Waals surface area contributed by atoms with Gasteiger partial charge in [-0.3, -0.25) is 9.59 Å². The minimum atomic E-state index is -0.956. The van der Waals surface area contributed by atoms with Gasteiger partial charge in [0.2, 0.25) is 11.8 Å². The summed E-state index contributed by atoms with van der Waals surface area (Å²) < 4.78 is 7.18. The number of para-hydroxylation sites is 1. The van der Waals surface area contributed by atoms with Crippen LogP contribution in [0.4, 0.5) is 0 Å². The van der Waals surface area contributed by atoms with E-state index in [-0.39, 0.29) is 37.4 Å². The number of amides is 2. The Morgan fingerprint density at radius 3 is 2.46 bits per heavy atom. The highest BCUT2D eigenvalue weighted by atomic mass is 127. The molecule has 2 fully saturated rings. The summed E-state index contributed by atoms with van der Waals surface area (Å²) in [6, 6.07) is 7.12. The molecule has 0 bridgehead atoms. The second-order valence-electron chi connectivity index (χ2n) is 10.7. The van der Waals surface area contributed by atoms with Crippen molar-refractivity contribution in [1.82, 2.24) is 10.2 Å². The van der Waals surface area contributed by atoms with E-state index in [0.29, 0.717) is 23.7 Å². The maximum Gasteiger partial charge on any atom is 0.247 e. The van der Waals surface area contributed by atoms with Crippen LogP contribution in [0.3, 0.4) is 0 Å². The van der Waals surface area contributed by atoms with Crippen molar-refractivity contribution >= 4 is 34.4 Å². The fourth-order valence-corrected chi connectivity index (χ4v) is 6.72. The minimum absolute atomic E-state index is 0.0712. The number of hydrogen-bond donors (Lipinski definition) is 3. The molecule has 2 amide bonds. The van der Waals surface area contributed by atoms with Crippen LogP contribution in [0.15, 0.2) is 35.9 Å². The summed E-state index contributed by atoms with van der Waals surface area (Å²) in [6.07, 6.45) is 11.7. The van der Waals surface area contributed by atoms with Crippen molar-refractivity contribution in [1.29, 1.82) is 0 Å². The summed E-state index contributed by atoms with van der Waals surface area (Å²) in [4.78, 5) is 28.8. The van der Waals surface area contributed by atoms with E-state index >= 15 is 0 Å². The second-order valence-corrected chi connectivity index (χ2v) is 11.9. The fourth-order valence-electron chi connectivity index (χ4n) is 6.21. The fraction of sp³-hybridized carbons (Fsp3) is 0.655. The maximum absolute atomic E-state index is 13.8. The smallest absolute Gasteiger partial charge is 0.247 e. The van der Waals surface area contributed by atoms with Crippen molar-refractivity contribution in [2.75, 3.05) is 13.2 Å². The van der Waals surface area contributed by atoms with E-state index in [1.807, 2.05) is 29.2 Å². The Hall–Kier alpha value is -1.65. The molecule has 0 spiro atoms. The number of carbonyl (C=O) groups is 2. The van der Waals surface area contributed by atoms with Crippen LogP contribution in [0.2, 0.25) is 0 Å². The predicted molar refractivity (Wildman–Crippen MR) is 151 cm³/mol. The Kier molecular flexibility index (Phi) is 10.7. The lowest BCUT2D eigenvalue weighted by Gasteiger charge is -2.45. The van der Waals surface area contributed by atoms with E-state index in [4.69, 9.17) is 4.74 Å². The van der Waals surface area contributed by atoms with Crippen molar-refractivity contribution in [3.8, 4) is 5.75 Å². The molecule has 0 heterocycles. The third kappa shape index (κ3) is 7.47. The monoisotopic (exact) mass is 624 g/mol. The van der Waals surface area contributed by atoms with Crippen molar-refractivity contribution in [3.63, 3.8) is 0 Å². The van der Waals surface area contributed by atoms with Gasteiger partial charge in [0.15, 0.2) is 0 Å². The Morgan fingerprint density at radius 2 is 1.76 bits per heavy atom. The van der Waals surface area contributed by atoms with Crippen molar-refractivity contribution in [2.24, 2.45) is 5.92 Å².